The summed E-state index contributed by atoms with van der Waals surface area (Å²) in [5, 5.41) is 1.41. The summed E-state index contributed by atoms with van der Waals surface area (Å²) in [6, 6.07) is 18.1. The highest BCUT2D eigenvalue weighted by Gasteiger charge is 2.38. The summed E-state index contributed by atoms with van der Waals surface area (Å²) in [6.45, 7) is 16.3. The van der Waals surface area contributed by atoms with Crippen molar-refractivity contribution < 1.29 is 9.53 Å². The predicted molar refractivity (Wildman–Crippen MR) is 138 cm³/mol. The smallest absolute Gasteiger partial charge is 0.329 e. The van der Waals surface area contributed by atoms with Gasteiger partial charge in [0.25, 0.3) is 0 Å². The summed E-state index contributed by atoms with van der Waals surface area (Å²) in [5.41, 5.74) is 3.30. The fraction of sp³-hybridized carbons (Fsp3) is 0.444. The molecule has 0 amide bonds. The van der Waals surface area contributed by atoms with Crippen molar-refractivity contribution in [2.45, 2.75) is 65.4 Å². The van der Waals surface area contributed by atoms with E-state index in [1.54, 1.807) is 0 Å². The van der Waals surface area contributed by atoms with E-state index in [9.17, 15) is 4.79 Å². The molecular weight excluding hydrogens is 412 g/mol. The van der Waals surface area contributed by atoms with Crippen LogP contribution in [0.1, 0.15) is 40.2 Å². The van der Waals surface area contributed by atoms with Crippen molar-refractivity contribution in [2.75, 3.05) is 11.9 Å². The molecule has 0 saturated heterocycles. The Kier molecular flexibility index (Phi) is 6.89. The number of benzene rings is 2. The van der Waals surface area contributed by atoms with Gasteiger partial charge in [-0.25, -0.2) is 4.79 Å². The lowest BCUT2D eigenvalue weighted by atomic mass is 10.0. The Hall–Kier alpha value is -2.53. The molecule has 3 aromatic rings. The van der Waals surface area contributed by atoms with Crippen molar-refractivity contribution in [3.8, 4) is 0 Å². The standard InChI is InChI=1S/C27H38N2O2Si/c1-20(2)25(26(30)31-19-21-13-10-9-11-14-21)28(6)23-15-12-16-24-22(23)17-18-29(24)32(7,8)27(3,4)5/h9-18,20,25H,19H2,1-8H3. The number of nitrogens with zero attached hydrogens (tertiary/aromatic N) is 2. The monoisotopic (exact) mass is 450 g/mol. The summed E-state index contributed by atoms with van der Waals surface area (Å²) in [6.07, 6.45) is 2.23. The zero-order chi connectivity index (χ0) is 23.7. The van der Waals surface area contributed by atoms with Crippen LogP contribution in [0.15, 0.2) is 60.8 Å². The van der Waals surface area contributed by atoms with Gasteiger partial charge in [0.2, 0.25) is 0 Å². The van der Waals surface area contributed by atoms with Crippen LogP contribution in [-0.4, -0.2) is 31.5 Å². The molecule has 0 spiro atoms. The summed E-state index contributed by atoms with van der Waals surface area (Å²) in [7, 11) is 0.241. The van der Waals surface area contributed by atoms with Crippen molar-refractivity contribution in [3.05, 3.63) is 66.4 Å². The van der Waals surface area contributed by atoms with Gasteiger partial charge in [0.05, 0.1) is 0 Å². The van der Waals surface area contributed by atoms with Crippen molar-refractivity contribution in [1.29, 1.82) is 0 Å². The lowest BCUT2D eigenvalue weighted by Crippen LogP contribution is -2.45. The molecule has 0 aliphatic heterocycles. The molecule has 1 aromatic heterocycles. The maximum atomic E-state index is 13.1. The number of ether oxygens (including phenoxy) is 1. The van der Waals surface area contributed by atoms with E-state index in [-0.39, 0.29) is 23.0 Å². The molecule has 0 aliphatic carbocycles. The molecule has 1 atom stereocenters. The van der Waals surface area contributed by atoms with E-state index >= 15 is 0 Å². The third-order valence-electron chi connectivity index (χ3n) is 7.04. The molecule has 32 heavy (non-hydrogen) atoms. The Labute approximate surface area is 194 Å². The highest BCUT2D eigenvalue weighted by molar-refractivity contribution is 6.79. The summed E-state index contributed by atoms with van der Waals surface area (Å²) < 4.78 is 8.23. The number of hydrogen-bond donors (Lipinski definition) is 0. The molecule has 3 rings (SSSR count). The zero-order valence-electron chi connectivity index (χ0n) is 20.8. The molecule has 0 fully saturated rings. The van der Waals surface area contributed by atoms with E-state index < -0.39 is 8.24 Å². The highest BCUT2D eigenvalue weighted by atomic mass is 28.3. The number of anilines is 1. The van der Waals surface area contributed by atoms with E-state index in [4.69, 9.17) is 4.74 Å². The first-order chi connectivity index (χ1) is 14.9. The van der Waals surface area contributed by atoms with Crippen LogP contribution in [0, 0.1) is 5.92 Å². The Bertz CT molecular complexity index is 1060. The molecule has 1 unspecified atom stereocenters. The second-order valence-corrected chi connectivity index (χ2v) is 15.7. The Balaban J connectivity index is 1.93. The fourth-order valence-corrected chi connectivity index (χ4v) is 6.12. The molecule has 0 aliphatic rings. The molecule has 0 radical (unpaired) electrons. The number of hydrogen-bond acceptors (Lipinski definition) is 3. The minimum atomic E-state index is -1.77. The maximum absolute atomic E-state index is 13.1. The van der Waals surface area contributed by atoms with Crippen molar-refractivity contribution in [2.24, 2.45) is 5.92 Å². The van der Waals surface area contributed by atoms with E-state index in [0.717, 1.165) is 11.3 Å². The van der Waals surface area contributed by atoms with Gasteiger partial charge in [-0.05, 0) is 40.9 Å². The fourth-order valence-electron chi connectivity index (χ4n) is 4.15. The van der Waals surface area contributed by atoms with Gasteiger partial charge in [-0.2, -0.15) is 0 Å². The maximum Gasteiger partial charge on any atom is 0.329 e. The van der Waals surface area contributed by atoms with Crippen molar-refractivity contribution >= 4 is 30.8 Å². The molecule has 0 bridgehead atoms. The first-order valence-corrected chi connectivity index (χ1v) is 14.4. The quantitative estimate of drug-likeness (QED) is 0.297. The molecular formula is C27H38N2O2Si. The number of carbonyl (C=O) groups is 1. The van der Waals surface area contributed by atoms with Crippen LogP contribution in [-0.2, 0) is 16.1 Å². The molecule has 5 heteroatoms. The Morgan fingerprint density at radius 3 is 2.28 bits per heavy atom. The normalized spacial score (nSPS) is 13.4. The van der Waals surface area contributed by atoms with Gasteiger partial charge in [-0.15, -0.1) is 0 Å². The largest absolute Gasteiger partial charge is 0.459 e. The topological polar surface area (TPSA) is 34.5 Å². The SMILES string of the molecule is CC(C)C(C(=O)OCc1ccccc1)N(C)c1cccc2c1ccn2[Si](C)(C)C(C)(C)C. The number of esters is 1. The molecule has 0 N–H and O–H groups in total. The molecule has 1 heterocycles. The Morgan fingerprint density at radius 2 is 1.69 bits per heavy atom. The second kappa shape index (κ2) is 9.14. The summed E-state index contributed by atoms with van der Waals surface area (Å²) in [4.78, 5) is 15.2. The first-order valence-electron chi connectivity index (χ1n) is 11.5. The zero-order valence-corrected chi connectivity index (χ0v) is 21.8. The van der Waals surface area contributed by atoms with Crippen LogP contribution in [0.2, 0.25) is 18.1 Å². The average Bonchev–Trinajstić information content (AvgIpc) is 3.17. The lowest BCUT2D eigenvalue weighted by molar-refractivity contribution is -0.147. The number of rotatable bonds is 7. The van der Waals surface area contributed by atoms with Crippen molar-refractivity contribution in [3.63, 3.8) is 0 Å². The van der Waals surface area contributed by atoms with Gasteiger partial charge in [0, 0.05) is 23.6 Å². The predicted octanol–water partition coefficient (Wildman–Crippen LogP) is 6.70. The number of fused-ring (bicyclic) bond motifs is 1. The number of likely N-dealkylation sites (N-methyl/N-ethyl adjacent to an activating group) is 1. The van der Waals surface area contributed by atoms with Crippen LogP contribution in [0.25, 0.3) is 10.9 Å². The first kappa shape index (κ1) is 24.1. The number of carbonyl (C=O) groups excluding carboxylic acids is 1. The van der Waals surface area contributed by atoms with E-state index in [1.807, 2.05) is 37.4 Å². The van der Waals surface area contributed by atoms with Crippen LogP contribution in [0.3, 0.4) is 0 Å². The van der Waals surface area contributed by atoms with Gasteiger partial charge in [-0.3, -0.25) is 0 Å². The van der Waals surface area contributed by atoms with Crippen LogP contribution in [0.5, 0.6) is 0 Å². The van der Waals surface area contributed by atoms with Gasteiger partial charge in [-0.1, -0.05) is 84.1 Å². The minimum Gasteiger partial charge on any atom is -0.459 e. The van der Waals surface area contributed by atoms with Crippen molar-refractivity contribution in [1.82, 2.24) is 4.23 Å². The van der Waals surface area contributed by atoms with Crippen LogP contribution < -0.4 is 4.90 Å². The molecule has 4 nitrogen and oxygen atoms in total. The highest BCUT2D eigenvalue weighted by Crippen LogP contribution is 2.40. The second-order valence-electron chi connectivity index (χ2n) is 10.6. The number of aromatic nitrogens is 1. The van der Waals surface area contributed by atoms with E-state index in [0.29, 0.717) is 6.61 Å². The molecule has 172 valence electrons. The summed E-state index contributed by atoms with van der Waals surface area (Å²) in [5.74, 6) is -0.0757. The average molecular weight is 451 g/mol. The lowest BCUT2D eigenvalue weighted by Gasteiger charge is -2.38. The van der Waals surface area contributed by atoms with E-state index in [2.05, 4.69) is 87.3 Å². The molecule has 2 aromatic carbocycles. The molecule has 0 saturated carbocycles. The third-order valence-corrected chi connectivity index (χ3v) is 12.3. The van der Waals surface area contributed by atoms with Crippen LogP contribution >= 0.6 is 0 Å². The minimum absolute atomic E-state index is 0.112. The summed E-state index contributed by atoms with van der Waals surface area (Å²) >= 11 is 0. The van der Waals surface area contributed by atoms with Gasteiger partial charge in [0.15, 0.2) is 8.24 Å². The van der Waals surface area contributed by atoms with Gasteiger partial charge >= 0.3 is 5.97 Å². The van der Waals surface area contributed by atoms with Gasteiger partial charge < -0.3 is 13.9 Å². The van der Waals surface area contributed by atoms with Gasteiger partial charge in [0.1, 0.15) is 12.6 Å². The van der Waals surface area contributed by atoms with E-state index in [1.165, 1.54) is 10.9 Å². The van der Waals surface area contributed by atoms with Crippen LogP contribution in [0.4, 0.5) is 5.69 Å². The Morgan fingerprint density at radius 1 is 1.03 bits per heavy atom. The third kappa shape index (κ3) is 4.63.